The van der Waals surface area contributed by atoms with Gasteiger partial charge in [0.15, 0.2) is 0 Å². The highest BCUT2D eigenvalue weighted by Gasteiger charge is 2.42. The molecule has 1 fully saturated rings. The number of nitrogens with zero attached hydrogens (tertiary/aromatic N) is 3. The molecule has 0 spiro atoms. The van der Waals surface area contributed by atoms with Gasteiger partial charge in [0, 0.05) is 35.8 Å². The van der Waals surface area contributed by atoms with Crippen LogP contribution >= 0.6 is 0 Å². The molecule has 2 aliphatic rings. The molecule has 0 saturated carbocycles. The fourth-order valence-electron chi connectivity index (χ4n) is 5.04. The van der Waals surface area contributed by atoms with Gasteiger partial charge in [0.2, 0.25) is 0 Å². The molecular formula is C27H27F3N4O2. The van der Waals surface area contributed by atoms with Crippen molar-refractivity contribution in [2.45, 2.75) is 39.4 Å². The number of benzene rings is 1. The van der Waals surface area contributed by atoms with Gasteiger partial charge in [-0.2, -0.15) is 13.2 Å². The van der Waals surface area contributed by atoms with Gasteiger partial charge in [-0.3, -0.25) is 14.8 Å². The van der Waals surface area contributed by atoms with Gasteiger partial charge in [-0.15, -0.1) is 0 Å². The topological polar surface area (TPSA) is 67.4 Å². The Balaban J connectivity index is 1.44. The third kappa shape index (κ3) is 4.55. The number of ether oxygens (including phenoxy) is 1. The van der Waals surface area contributed by atoms with Crippen LogP contribution in [0.5, 0.6) is 0 Å². The minimum atomic E-state index is -4.62. The average Bonchev–Trinajstić information content (AvgIpc) is 2.84. The highest BCUT2D eigenvalue weighted by atomic mass is 19.4. The third-order valence-corrected chi connectivity index (χ3v) is 7.03. The molecule has 6 nitrogen and oxygen atoms in total. The second kappa shape index (κ2) is 8.89. The van der Waals surface area contributed by atoms with Crippen LogP contribution < -0.4 is 10.2 Å². The molecule has 1 aromatic carbocycles. The summed E-state index contributed by atoms with van der Waals surface area (Å²) < 4.78 is 44.8. The number of carbonyl (C=O) groups is 1. The Hall–Kier alpha value is -3.46. The lowest BCUT2D eigenvalue weighted by Crippen LogP contribution is -2.56. The van der Waals surface area contributed by atoms with E-state index in [1.165, 1.54) is 6.07 Å². The monoisotopic (exact) mass is 496 g/mol. The van der Waals surface area contributed by atoms with Crippen LogP contribution in [-0.2, 0) is 17.3 Å². The Bertz CT molecular complexity index is 1320. The van der Waals surface area contributed by atoms with Gasteiger partial charge in [-0.1, -0.05) is 19.9 Å². The second-order valence-corrected chi connectivity index (χ2v) is 10.1. The smallest absolute Gasteiger partial charge is 0.377 e. The second-order valence-electron chi connectivity index (χ2n) is 10.1. The Morgan fingerprint density at radius 1 is 1.17 bits per heavy atom. The number of halogens is 3. The van der Waals surface area contributed by atoms with Gasteiger partial charge in [-0.05, 0) is 60.2 Å². The van der Waals surface area contributed by atoms with E-state index in [1.807, 2.05) is 25.3 Å². The van der Waals surface area contributed by atoms with E-state index in [-0.39, 0.29) is 17.0 Å². The number of morpholine rings is 1. The Labute approximate surface area is 207 Å². The molecule has 1 saturated heterocycles. The quantitative estimate of drug-likeness (QED) is 0.518. The normalized spacial score (nSPS) is 18.8. The average molecular weight is 497 g/mol. The first kappa shape index (κ1) is 24.2. The molecule has 9 heteroatoms. The van der Waals surface area contributed by atoms with Gasteiger partial charge in [-0.25, -0.2) is 0 Å². The zero-order chi connectivity index (χ0) is 25.7. The van der Waals surface area contributed by atoms with Crippen LogP contribution in [0, 0.1) is 12.3 Å². The summed E-state index contributed by atoms with van der Waals surface area (Å²) in [5.74, 6) is -0.639. The number of pyridine rings is 2. The summed E-state index contributed by atoms with van der Waals surface area (Å²) in [5.41, 5.74) is 4.26. The number of alkyl halides is 3. The Morgan fingerprint density at radius 2 is 1.97 bits per heavy atom. The highest BCUT2D eigenvalue weighted by molar-refractivity contribution is 6.04. The van der Waals surface area contributed by atoms with Crippen LogP contribution in [0.3, 0.4) is 0 Å². The zero-order valence-corrected chi connectivity index (χ0v) is 20.3. The number of aromatic nitrogens is 2. The molecule has 1 N–H and O–H groups in total. The van der Waals surface area contributed by atoms with Crippen molar-refractivity contribution in [2.24, 2.45) is 5.41 Å². The number of hydrogen-bond donors (Lipinski definition) is 1. The zero-order valence-electron chi connectivity index (χ0n) is 20.3. The number of hydrogen-bond acceptors (Lipinski definition) is 5. The summed E-state index contributed by atoms with van der Waals surface area (Å²) in [6.45, 7) is 8.61. The van der Waals surface area contributed by atoms with E-state index in [9.17, 15) is 18.0 Å². The maximum Gasteiger partial charge on any atom is 0.433 e. The van der Waals surface area contributed by atoms with Gasteiger partial charge in [0.05, 0.1) is 30.6 Å². The number of nitrogens with one attached hydrogen (secondary N) is 1. The highest BCUT2D eigenvalue weighted by Crippen LogP contribution is 2.43. The number of amides is 1. The lowest BCUT2D eigenvalue weighted by atomic mass is 9.75. The molecule has 1 amide bonds. The summed E-state index contributed by atoms with van der Waals surface area (Å²) in [7, 11) is 0. The molecule has 36 heavy (non-hydrogen) atoms. The lowest BCUT2D eigenvalue weighted by Gasteiger charge is -2.50. The molecule has 1 atom stereocenters. The first-order chi connectivity index (χ1) is 17.0. The van der Waals surface area contributed by atoms with Crippen molar-refractivity contribution in [3.63, 3.8) is 0 Å². The van der Waals surface area contributed by atoms with Crippen LogP contribution in [0.1, 0.15) is 41.2 Å². The fourth-order valence-corrected chi connectivity index (χ4v) is 5.04. The maximum absolute atomic E-state index is 13.0. The van der Waals surface area contributed by atoms with Crippen molar-refractivity contribution in [1.82, 2.24) is 9.97 Å². The molecule has 2 aromatic heterocycles. The van der Waals surface area contributed by atoms with E-state index in [0.29, 0.717) is 18.9 Å². The number of carbonyl (C=O) groups excluding carboxylic acids is 1. The Kier molecular flexibility index (Phi) is 5.98. The van der Waals surface area contributed by atoms with E-state index in [2.05, 4.69) is 35.1 Å². The van der Waals surface area contributed by atoms with Crippen molar-refractivity contribution in [3.05, 3.63) is 71.3 Å². The van der Waals surface area contributed by atoms with Crippen LogP contribution in [-0.4, -0.2) is 41.7 Å². The van der Waals surface area contributed by atoms with E-state index >= 15 is 0 Å². The first-order valence-electron chi connectivity index (χ1n) is 11.8. The summed E-state index contributed by atoms with van der Waals surface area (Å²) in [6, 6.07) is 9.84. The minimum Gasteiger partial charge on any atom is -0.377 e. The van der Waals surface area contributed by atoms with Crippen molar-refractivity contribution in [3.8, 4) is 11.1 Å². The van der Waals surface area contributed by atoms with Crippen molar-refractivity contribution < 1.29 is 22.7 Å². The summed E-state index contributed by atoms with van der Waals surface area (Å²) in [6.07, 6.45) is -0.936. The third-order valence-electron chi connectivity index (χ3n) is 7.03. The van der Waals surface area contributed by atoms with Gasteiger partial charge < -0.3 is 15.0 Å². The molecule has 0 bridgehead atoms. The number of aryl methyl sites for hydroxylation is 1. The summed E-state index contributed by atoms with van der Waals surface area (Å²) in [5, 5.41) is 2.71. The predicted molar refractivity (Wildman–Crippen MR) is 131 cm³/mol. The molecule has 188 valence electrons. The van der Waals surface area contributed by atoms with Crippen LogP contribution in [0.4, 0.5) is 24.5 Å². The summed E-state index contributed by atoms with van der Waals surface area (Å²) in [4.78, 5) is 23.2. The predicted octanol–water partition coefficient (Wildman–Crippen LogP) is 5.51. The minimum absolute atomic E-state index is 0.0426. The Morgan fingerprint density at radius 3 is 2.75 bits per heavy atom. The molecule has 5 rings (SSSR count). The number of rotatable bonds is 3. The molecule has 0 aliphatic carbocycles. The van der Waals surface area contributed by atoms with Crippen LogP contribution in [0.25, 0.3) is 11.1 Å². The first-order valence-corrected chi connectivity index (χ1v) is 11.8. The van der Waals surface area contributed by atoms with Gasteiger partial charge in [0.1, 0.15) is 5.69 Å². The van der Waals surface area contributed by atoms with Crippen LogP contribution in [0.2, 0.25) is 0 Å². The van der Waals surface area contributed by atoms with Crippen molar-refractivity contribution in [1.29, 1.82) is 0 Å². The largest absolute Gasteiger partial charge is 0.433 e. The van der Waals surface area contributed by atoms with Gasteiger partial charge >= 0.3 is 6.18 Å². The molecule has 0 unspecified atom stereocenters. The lowest BCUT2D eigenvalue weighted by molar-refractivity contribution is -0.141. The molecule has 2 aliphatic heterocycles. The number of fused-ring (bicyclic) bond motifs is 3. The van der Waals surface area contributed by atoms with Crippen molar-refractivity contribution >= 4 is 17.3 Å². The standard InChI is InChI=1S/C27H27F3N4O2/c1-16-4-5-19(33-25(35)17-6-7-31-23(11-17)27(28,29)30)12-20(16)18-10-22-21(32-14-18)13-26(2,3)24-15-36-9-8-34(22)24/h4-7,10-12,14,24H,8-9,13,15H2,1-3H3,(H,33,35)/t24-/m1/s1. The van der Waals surface area contributed by atoms with E-state index in [1.54, 1.807) is 6.07 Å². The molecular weight excluding hydrogens is 469 g/mol. The summed E-state index contributed by atoms with van der Waals surface area (Å²) >= 11 is 0. The van der Waals surface area contributed by atoms with E-state index in [4.69, 9.17) is 9.72 Å². The molecule has 3 aromatic rings. The van der Waals surface area contributed by atoms with E-state index in [0.717, 1.165) is 53.3 Å². The SMILES string of the molecule is Cc1ccc(NC(=O)c2ccnc(C(F)(F)F)c2)cc1-c1cnc2c(c1)N1CCOC[C@@H]1C(C)(C)C2. The van der Waals surface area contributed by atoms with E-state index < -0.39 is 17.8 Å². The molecule has 0 radical (unpaired) electrons. The molecule has 4 heterocycles. The van der Waals surface area contributed by atoms with Gasteiger partial charge in [0.25, 0.3) is 5.91 Å². The van der Waals surface area contributed by atoms with Crippen LogP contribution in [0.15, 0.2) is 48.8 Å². The maximum atomic E-state index is 13.0. The number of anilines is 2. The fraction of sp³-hybridized carbons (Fsp3) is 0.370. The van der Waals surface area contributed by atoms with Crippen molar-refractivity contribution in [2.75, 3.05) is 30.0 Å².